The number of benzene rings is 3. The molecule has 0 aliphatic carbocycles. The number of nitrogens with zero attached hydrogens (tertiary/aromatic N) is 8. The molecule has 1 aliphatic rings. The van der Waals surface area contributed by atoms with Crippen molar-refractivity contribution in [1.82, 2.24) is 29.1 Å². The van der Waals surface area contributed by atoms with Gasteiger partial charge in [-0.2, -0.15) is 15.2 Å². The minimum atomic E-state index is -1.67. The van der Waals surface area contributed by atoms with Gasteiger partial charge in [0.1, 0.15) is 36.0 Å². The van der Waals surface area contributed by atoms with E-state index in [0.717, 1.165) is 67.0 Å². The smallest absolute Gasteiger partial charge is 0.320 e. The van der Waals surface area contributed by atoms with Crippen molar-refractivity contribution in [2.24, 2.45) is 4.99 Å². The van der Waals surface area contributed by atoms with Gasteiger partial charge in [-0.1, -0.05) is 93.9 Å². The zero-order valence-electron chi connectivity index (χ0n) is 41.0. The largest absolute Gasteiger partial charge is 0.497 e. The molecule has 4 atom stereocenters. The number of hydrogen-bond donors (Lipinski definition) is 0. The highest BCUT2D eigenvalue weighted by Crippen LogP contribution is 2.51. The van der Waals surface area contributed by atoms with E-state index in [0.29, 0.717) is 23.4 Å². The van der Waals surface area contributed by atoms with Gasteiger partial charge in [-0.25, -0.2) is 14.6 Å². The predicted octanol–water partition coefficient (Wildman–Crippen LogP) is 10.9. The highest BCUT2D eigenvalue weighted by molar-refractivity contribution is 7.44. The summed E-state index contributed by atoms with van der Waals surface area (Å²) in [5, 5.41) is 9.52. The number of nitriles is 1. The van der Waals surface area contributed by atoms with Crippen molar-refractivity contribution in [3.8, 4) is 23.6 Å². The Morgan fingerprint density at radius 3 is 2.09 bits per heavy atom. The van der Waals surface area contributed by atoms with E-state index >= 15 is 0 Å². The minimum Gasteiger partial charge on any atom is -0.497 e. The van der Waals surface area contributed by atoms with Gasteiger partial charge in [-0.15, -0.1) is 0 Å². The van der Waals surface area contributed by atoms with Gasteiger partial charge in [0.15, 0.2) is 17.0 Å². The van der Waals surface area contributed by atoms with Crippen LogP contribution in [0, 0.1) is 11.3 Å². The Morgan fingerprint density at radius 1 is 0.912 bits per heavy atom. The lowest BCUT2D eigenvalue weighted by atomic mass is 9.80. The number of imidazole rings is 1. The second-order valence-electron chi connectivity index (χ2n) is 17.1. The number of rotatable bonds is 28. The summed E-state index contributed by atoms with van der Waals surface area (Å²) in [5.41, 5.74) is 2.57. The van der Waals surface area contributed by atoms with Crippen molar-refractivity contribution in [1.29, 1.82) is 5.26 Å². The van der Waals surface area contributed by atoms with E-state index in [1.165, 1.54) is 0 Å². The Labute approximate surface area is 404 Å². The third kappa shape index (κ3) is 12.8. The number of hydrogen-bond acceptors (Lipinski definition) is 13. The van der Waals surface area contributed by atoms with Gasteiger partial charge in [0.25, 0.3) is 8.53 Å². The number of fused-ring (bicyclic) bond motifs is 1. The van der Waals surface area contributed by atoms with E-state index < -0.39 is 32.6 Å². The van der Waals surface area contributed by atoms with Crippen molar-refractivity contribution in [3.05, 3.63) is 115 Å². The normalized spacial score (nSPS) is 16.8. The topological polar surface area (TPSA) is 151 Å². The van der Waals surface area contributed by atoms with Crippen LogP contribution in [-0.4, -0.2) is 107 Å². The summed E-state index contributed by atoms with van der Waals surface area (Å²) >= 11 is 0. The number of ether oxygens (including phenoxy) is 5. The summed E-state index contributed by atoms with van der Waals surface area (Å²) in [5.74, 6) is 1.83. The second-order valence-corrected chi connectivity index (χ2v) is 18.5. The van der Waals surface area contributed by atoms with Crippen molar-refractivity contribution in [2.45, 2.75) is 116 Å². The Kier molecular flexibility index (Phi) is 19.7. The average molecular weight is 949 g/mol. The molecule has 68 heavy (non-hydrogen) atoms. The van der Waals surface area contributed by atoms with Crippen LogP contribution in [-0.2, 0) is 24.1 Å². The number of unbranched alkanes of at least 4 members (excludes halogenated alkanes) is 2. The summed E-state index contributed by atoms with van der Waals surface area (Å²) in [4.78, 5) is 21.6. The Balaban J connectivity index is 1.46. The molecule has 1 saturated heterocycles. The summed E-state index contributed by atoms with van der Waals surface area (Å²) in [6.45, 7) is 19.0. The molecule has 0 saturated carbocycles. The molecule has 1 aliphatic heterocycles. The van der Waals surface area contributed by atoms with E-state index in [1.54, 1.807) is 26.6 Å². The number of methoxy groups -OCH3 is 2. The van der Waals surface area contributed by atoms with E-state index in [1.807, 2.05) is 77.6 Å². The second kappa shape index (κ2) is 25.8. The van der Waals surface area contributed by atoms with E-state index in [4.69, 9.17) is 52.7 Å². The summed E-state index contributed by atoms with van der Waals surface area (Å²) in [6.07, 6.45) is 8.31. The molecular weight excluding hydrogens is 880 g/mol. The maximum atomic E-state index is 9.52. The molecule has 364 valence electrons. The maximum Gasteiger partial charge on any atom is 0.320 e. The van der Waals surface area contributed by atoms with Crippen LogP contribution in [0.1, 0.15) is 103 Å². The highest BCUT2D eigenvalue weighted by Gasteiger charge is 2.45. The first-order chi connectivity index (χ1) is 33.1. The summed E-state index contributed by atoms with van der Waals surface area (Å²) in [7, 11) is 1.64. The van der Waals surface area contributed by atoms with Crippen LogP contribution in [0.3, 0.4) is 0 Å². The SMILES string of the molecule is C=CCOc1nc(/N=C/N(CCCC)CCCC)c2ncn([C@H]3C[C@H](OP(OCCC#N)N(C(C)C)C(C)C)[C@@H](COC(c4ccccc4)(c4ccc(OC)cc4)c4ccc(OC)cc4)O3)c2n1. The standard InChI is InChI=1S/C52H69N8O7P/c1-10-13-30-58(31-14-11-2)36-55-49-48-50(57-51(56-49)63-32-12-3)59(37-54-48)47-34-45(67-68(65-33-18-29-53)60(38(4)5)39(6)7)46(66-47)35-64-52(40-19-16-15-17-20-40,41-21-25-43(61-8)26-22-41)42-23-27-44(62-9)28-24-42/h12,15-17,19-28,36-39,45-47H,3,10-11,13-14,18,30-35H2,1-2,4-9H3/b55-36+/t45-,46+,47+,68?/m0/s1. The number of aliphatic imine (C=N–C) groups is 1. The molecular formula is C52H69N8O7P. The summed E-state index contributed by atoms with van der Waals surface area (Å²) < 4.78 is 49.5. The van der Waals surface area contributed by atoms with Gasteiger partial charge in [0, 0.05) is 31.6 Å². The first-order valence-corrected chi connectivity index (χ1v) is 24.9. The monoisotopic (exact) mass is 949 g/mol. The van der Waals surface area contributed by atoms with Gasteiger partial charge < -0.3 is 37.6 Å². The fourth-order valence-electron chi connectivity index (χ4n) is 8.29. The van der Waals surface area contributed by atoms with Crippen molar-refractivity contribution >= 4 is 31.8 Å². The molecule has 1 unspecified atom stereocenters. The Bertz CT molecular complexity index is 2310. The van der Waals surface area contributed by atoms with Crippen molar-refractivity contribution in [3.63, 3.8) is 0 Å². The first kappa shape index (κ1) is 51.9. The third-order valence-corrected chi connectivity index (χ3v) is 13.8. The van der Waals surface area contributed by atoms with Gasteiger partial charge in [0.05, 0.1) is 58.7 Å². The zero-order valence-corrected chi connectivity index (χ0v) is 41.9. The predicted molar refractivity (Wildman–Crippen MR) is 267 cm³/mol. The van der Waals surface area contributed by atoms with Crippen molar-refractivity contribution in [2.75, 3.05) is 47.1 Å². The van der Waals surface area contributed by atoms with Crippen LogP contribution in [0.2, 0.25) is 0 Å². The molecule has 15 nitrogen and oxygen atoms in total. The van der Waals surface area contributed by atoms with Gasteiger partial charge >= 0.3 is 6.01 Å². The molecule has 0 radical (unpaired) electrons. The van der Waals surface area contributed by atoms with Gasteiger partial charge in [-0.3, -0.25) is 4.57 Å². The van der Waals surface area contributed by atoms with E-state index in [9.17, 15) is 5.26 Å². The lowest BCUT2D eigenvalue weighted by molar-refractivity contribution is -0.0912. The Hall–Kier alpha value is -5.46. The van der Waals surface area contributed by atoms with Crippen molar-refractivity contribution < 1.29 is 32.7 Å². The van der Waals surface area contributed by atoms with Crippen LogP contribution in [0.15, 0.2) is 103 Å². The molecule has 0 spiro atoms. The maximum absolute atomic E-state index is 9.52. The van der Waals surface area contributed by atoms with Crippen LogP contribution in [0.25, 0.3) is 11.2 Å². The molecule has 1 fully saturated rings. The molecule has 0 amide bonds. The molecule has 2 aromatic heterocycles. The molecule has 6 rings (SSSR count). The fraction of sp³-hybridized carbons (Fsp3) is 0.481. The van der Waals surface area contributed by atoms with Gasteiger partial charge in [0.2, 0.25) is 0 Å². The summed E-state index contributed by atoms with van der Waals surface area (Å²) in [6, 6.07) is 28.6. The molecule has 16 heteroatoms. The molecule has 0 bridgehead atoms. The first-order valence-electron chi connectivity index (χ1n) is 23.8. The quantitative estimate of drug-likeness (QED) is 0.0117. The molecule has 3 aromatic carbocycles. The van der Waals surface area contributed by atoms with Gasteiger partial charge in [-0.05, 0) is 81.5 Å². The highest BCUT2D eigenvalue weighted by atomic mass is 31.2. The lowest BCUT2D eigenvalue weighted by Crippen LogP contribution is -2.39. The molecule has 3 heterocycles. The average Bonchev–Trinajstić information content (AvgIpc) is 3.97. The fourth-order valence-corrected chi connectivity index (χ4v) is 10.0. The number of aromatic nitrogens is 4. The van der Waals surface area contributed by atoms with Crippen LogP contribution < -0.4 is 14.2 Å². The lowest BCUT2D eigenvalue weighted by Gasteiger charge is -2.39. The Morgan fingerprint density at radius 2 is 1.53 bits per heavy atom. The molecule has 0 N–H and O–H groups in total. The molecule has 5 aromatic rings. The van der Waals surface area contributed by atoms with E-state index in [-0.39, 0.29) is 44.3 Å². The zero-order chi connectivity index (χ0) is 48.5. The van der Waals surface area contributed by atoms with Crippen LogP contribution in [0.5, 0.6) is 17.5 Å². The third-order valence-electron chi connectivity index (χ3n) is 11.7. The minimum absolute atomic E-state index is 0.0778. The van der Waals surface area contributed by atoms with Crippen LogP contribution >= 0.6 is 8.53 Å². The van der Waals surface area contributed by atoms with Crippen LogP contribution in [0.4, 0.5) is 5.82 Å². The van der Waals surface area contributed by atoms with E-state index in [2.05, 4.69) is 75.9 Å².